The summed E-state index contributed by atoms with van der Waals surface area (Å²) in [5.74, 6) is -0.173. The monoisotopic (exact) mass is 231 g/mol. The van der Waals surface area contributed by atoms with Crippen LogP contribution in [0.5, 0.6) is 0 Å². The van der Waals surface area contributed by atoms with Crippen LogP contribution in [0.1, 0.15) is 12.0 Å². The maximum absolute atomic E-state index is 11.9. The molecule has 1 aromatic carbocycles. The zero-order valence-electron chi connectivity index (χ0n) is 8.53. The molecule has 0 unspecified atom stereocenters. The molecular formula is C10H14FNO2S. The molecule has 15 heavy (non-hydrogen) atoms. The van der Waals surface area contributed by atoms with Gasteiger partial charge in [0.25, 0.3) is 0 Å². The highest BCUT2D eigenvalue weighted by Gasteiger charge is 2.17. The van der Waals surface area contributed by atoms with Gasteiger partial charge in [-0.1, -0.05) is 6.07 Å². The van der Waals surface area contributed by atoms with Crippen molar-refractivity contribution in [2.45, 2.75) is 18.2 Å². The van der Waals surface area contributed by atoms with Gasteiger partial charge in [-0.2, -0.15) is 0 Å². The number of nitrogen functional groups attached to an aromatic ring is 1. The predicted molar refractivity (Wildman–Crippen MR) is 58.2 cm³/mol. The van der Waals surface area contributed by atoms with Crippen molar-refractivity contribution in [3.63, 3.8) is 0 Å². The Bertz CT molecular complexity index is 443. The first-order valence-corrected chi connectivity index (χ1v) is 6.28. The van der Waals surface area contributed by atoms with Crippen molar-refractivity contribution in [2.75, 3.05) is 18.2 Å². The molecule has 0 saturated carbocycles. The summed E-state index contributed by atoms with van der Waals surface area (Å²) in [7, 11) is -3.40. The third-order valence-corrected chi connectivity index (χ3v) is 4.15. The van der Waals surface area contributed by atoms with Crippen LogP contribution < -0.4 is 5.73 Å². The summed E-state index contributed by atoms with van der Waals surface area (Å²) in [6.07, 6.45) is 0.0244. The van der Waals surface area contributed by atoms with Crippen LogP contribution in [0.25, 0.3) is 0 Å². The van der Waals surface area contributed by atoms with Gasteiger partial charge in [0.1, 0.15) is 0 Å². The van der Waals surface area contributed by atoms with Gasteiger partial charge in [0.05, 0.1) is 17.3 Å². The third-order valence-electron chi connectivity index (χ3n) is 2.21. The van der Waals surface area contributed by atoms with Crippen LogP contribution in [0.3, 0.4) is 0 Å². The molecule has 0 amide bonds. The van der Waals surface area contributed by atoms with E-state index in [0.717, 1.165) is 0 Å². The van der Waals surface area contributed by atoms with E-state index in [4.69, 9.17) is 5.73 Å². The van der Waals surface area contributed by atoms with Gasteiger partial charge >= 0.3 is 0 Å². The van der Waals surface area contributed by atoms with Crippen LogP contribution in [0.2, 0.25) is 0 Å². The minimum Gasteiger partial charge on any atom is -0.398 e. The quantitative estimate of drug-likeness (QED) is 0.802. The number of hydrogen-bond donors (Lipinski definition) is 1. The van der Waals surface area contributed by atoms with Crippen LogP contribution >= 0.6 is 0 Å². The number of benzene rings is 1. The van der Waals surface area contributed by atoms with Gasteiger partial charge in [0.15, 0.2) is 9.84 Å². The van der Waals surface area contributed by atoms with Gasteiger partial charge in [-0.15, -0.1) is 0 Å². The van der Waals surface area contributed by atoms with Crippen LogP contribution in [0.4, 0.5) is 10.1 Å². The molecule has 0 aliphatic heterocycles. The molecule has 84 valence electrons. The van der Waals surface area contributed by atoms with Crippen LogP contribution in [0, 0.1) is 6.92 Å². The molecule has 0 aromatic heterocycles. The summed E-state index contributed by atoms with van der Waals surface area (Å²) in [5.41, 5.74) is 6.59. The largest absolute Gasteiger partial charge is 0.398 e. The molecule has 1 aromatic rings. The van der Waals surface area contributed by atoms with Crippen LogP contribution in [0.15, 0.2) is 23.1 Å². The molecule has 0 radical (unpaired) electrons. The molecule has 0 heterocycles. The van der Waals surface area contributed by atoms with Crippen molar-refractivity contribution in [3.05, 3.63) is 23.8 Å². The molecule has 0 aliphatic rings. The van der Waals surface area contributed by atoms with E-state index in [9.17, 15) is 12.8 Å². The van der Waals surface area contributed by atoms with Crippen molar-refractivity contribution in [1.29, 1.82) is 0 Å². The average Bonchev–Trinajstić information content (AvgIpc) is 2.19. The summed E-state index contributed by atoms with van der Waals surface area (Å²) in [4.78, 5) is 0.205. The SMILES string of the molecule is Cc1c(N)cccc1S(=O)(=O)CCCF. The highest BCUT2D eigenvalue weighted by Crippen LogP contribution is 2.21. The van der Waals surface area contributed by atoms with Gasteiger partial charge in [0.2, 0.25) is 0 Å². The van der Waals surface area contributed by atoms with E-state index < -0.39 is 16.5 Å². The molecule has 3 nitrogen and oxygen atoms in total. The summed E-state index contributed by atoms with van der Waals surface area (Å²) in [5, 5.41) is 0. The fourth-order valence-electron chi connectivity index (χ4n) is 1.32. The van der Waals surface area contributed by atoms with Gasteiger partial charge < -0.3 is 5.73 Å². The number of anilines is 1. The zero-order valence-corrected chi connectivity index (χ0v) is 9.35. The third kappa shape index (κ3) is 2.68. The van der Waals surface area contributed by atoms with Gasteiger partial charge in [-0.3, -0.25) is 4.39 Å². The van der Waals surface area contributed by atoms with Gasteiger partial charge in [-0.05, 0) is 31.0 Å². The van der Waals surface area contributed by atoms with E-state index in [1.165, 1.54) is 6.07 Å². The smallest absolute Gasteiger partial charge is 0.178 e. The van der Waals surface area contributed by atoms with Gasteiger partial charge in [0, 0.05) is 5.69 Å². The number of rotatable bonds is 4. The Morgan fingerprint density at radius 1 is 1.40 bits per heavy atom. The Morgan fingerprint density at radius 3 is 2.67 bits per heavy atom. The molecule has 0 atom stereocenters. The lowest BCUT2D eigenvalue weighted by molar-refractivity contribution is 0.484. The maximum atomic E-state index is 11.9. The van der Waals surface area contributed by atoms with E-state index in [2.05, 4.69) is 0 Å². The van der Waals surface area contributed by atoms with E-state index >= 15 is 0 Å². The molecule has 0 saturated heterocycles. The van der Waals surface area contributed by atoms with Crippen LogP contribution in [-0.4, -0.2) is 20.8 Å². The Balaban J connectivity index is 3.10. The molecule has 5 heteroatoms. The minimum absolute atomic E-state index is 0.0244. The summed E-state index contributed by atoms with van der Waals surface area (Å²) in [6, 6.07) is 4.73. The topological polar surface area (TPSA) is 60.2 Å². The number of alkyl halides is 1. The molecule has 0 aliphatic carbocycles. The van der Waals surface area contributed by atoms with Gasteiger partial charge in [-0.25, -0.2) is 8.42 Å². The summed E-state index contributed by atoms with van der Waals surface area (Å²) < 4.78 is 35.4. The lowest BCUT2D eigenvalue weighted by atomic mass is 10.2. The van der Waals surface area contributed by atoms with Crippen molar-refractivity contribution >= 4 is 15.5 Å². The van der Waals surface area contributed by atoms with E-state index in [0.29, 0.717) is 11.3 Å². The van der Waals surface area contributed by atoms with Crippen molar-refractivity contribution in [1.82, 2.24) is 0 Å². The van der Waals surface area contributed by atoms with E-state index in [1.807, 2.05) is 0 Å². The number of sulfone groups is 1. The highest BCUT2D eigenvalue weighted by molar-refractivity contribution is 7.91. The fourth-order valence-corrected chi connectivity index (χ4v) is 2.90. The maximum Gasteiger partial charge on any atom is 0.178 e. The fraction of sp³-hybridized carbons (Fsp3) is 0.400. The molecule has 0 bridgehead atoms. The first-order chi connectivity index (χ1) is 6.99. The Labute approximate surface area is 89.0 Å². The molecular weight excluding hydrogens is 217 g/mol. The minimum atomic E-state index is -3.40. The van der Waals surface area contributed by atoms with Crippen molar-refractivity contribution in [2.24, 2.45) is 0 Å². The first kappa shape index (κ1) is 12.0. The highest BCUT2D eigenvalue weighted by atomic mass is 32.2. The lowest BCUT2D eigenvalue weighted by Crippen LogP contribution is -2.10. The average molecular weight is 231 g/mol. The predicted octanol–water partition coefficient (Wildman–Crippen LogP) is 1.71. The molecule has 2 N–H and O–H groups in total. The second kappa shape index (κ2) is 4.61. The number of hydrogen-bond acceptors (Lipinski definition) is 3. The normalized spacial score (nSPS) is 11.6. The standard InChI is InChI=1S/C10H14FNO2S/c1-8-9(12)4-2-5-10(8)15(13,14)7-3-6-11/h2,4-5H,3,6-7,12H2,1H3. The Kier molecular flexibility index (Phi) is 3.68. The zero-order chi connectivity index (χ0) is 11.5. The Hall–Kier alpha value is -1.10. The van der Waals surface area contributed by atoms with E-state index in [1.54, 1.807) is 19.1 Å². The van der Waals surface area contributed by atoms with Crippen molar-refractivity contribution in [3.8, 4) is 0 Å². The first-order valence-electron chi connectivity index (χ1n) is 4.63. The lowest BCUT2D eigenvalue weighted by Gasteiger charge is -2.08. The van der Waals surface area contributed by atoms with E-state index in [-0.39, 0.29) is 17.1 Å². The second-order valence-corrected chi connectivity index (χ2v) is 5.41. The Morgan fingerprint density at radius 2 is 2.07 bits per heavy atom. The number of nitrogens with two attached hydrogens (primary N) is 1. The summed E-state index contributed by atoms with van der Waals surface area (Å²) in [6.45, 7) is 1.03. The molecule has 0 fully saturated rings. The molecule has 0 spiro atoms. The number of halogens is 1. The molecule has 1 rings (SSSR count). The summed E-state index contributed by atoms with van der Waals surface area (Å²) >= 11 is 0. The van der Waals surface area contributed by atoms with Crippen LogP contribution in [-0.2, 0) is 9.84 Å². The second-order valence-electron chi connectivity index (χ2n) is 3.33. The van der Waals surface area contributed by atoms with Crippen molar-refractivity contribution < 1.29 is 12.8 Å².